The minimum absolute atomic E-state index is 0.0101. The van der Waals surface area contributed by atoms with Gasteiger partial charge in [0.25, 0.3) is 0 Å². The van der Waals surface area contributed by atoms with E-state index in [0.29, 0.717) is 12.1 Å². The third-order valence-corrected chi connectivity index (χ3v) is 5.00. The van der Waals surface area contributed by atoms with Crippen molar-refractivity contribution in [3.63, 3.8) is 0 Å². The molecule has 0 radical (unpaired) electrons. The monoisotopic (exact) mass is 239 g/mol. The molecule has 0 bridgehead atoms. The van der Waals surface area contributed by atoms with Crippen LogP contribution in [0.15, 0.2) is 0 Å². The van der Waals surface area contributed by atoms with Crippen molar-refractivity contribution in [2.45, 2.75) is 50.3 Å². The van der Waals surface area contributed by atoms with Gasteiger partial charge in [-0.3, -0.25) is 9.69 Å². The SMILES string of the molecule is COC(=O)[C@@H]1CC[C@@H]2[C@@H](C1)[C@@H](O)[C@@H]1CCCN21. The highest BCUT2D eigenvalue weighted by molar-refractivity contribution is 5.72. The molecule has 0 amide bonds. The normalized spacial score (nSPS) is 45.4. The van der Waals surface area contributed by atoms with E-state index >= 15 is 0 Å². The first-order valence-electron chi connectivity index (χ1n) is 6.74. The number of fused-ring (bicyclic) bond motifs is 3. The zero-order valence-electron chi connectivity index (χ0n) is 10.3. The summed E-state index contributed by atoms with van der Waals surface area (Å²) in [4.78, 5) is 14.1. The third-order valence-electron chi connectivity index (χ3n) is 5.00. The van der Waals surface area contributed by atoms with Gasteiger partial charge < -0.3 is 9.84 Å². The van der Waals surface area contributed by atoms with Crippen LogP contribution in [0.3, 0.4) is 0 Å². The van der Waals surface area contributed by atoms with E-state index in [1.165, 1.54) is 13.5 Å². The quantitative estimate of drug-likeness (QED) is 0.687. The predicted molar refractivity (Wildman–Crippen MR) is 62.4 cm³/mol. The van der Waals surface area contributed by atoms with E-state index in [-0.39, 0.29) is 23.9 Å². The van der Waals surface area contributed by atoms with Gasteiger partial charge in [0.2, 0.25) is 0 Å². The first kappa shape index (κ1) is 11.5. The van der Waals surface area contributed by atoms with Gasteiger partial charge in [0.15, 0.2) is 0 Å². The Balaban J connectivity index is 1.73. The maximum atomic E-state index is 11.6. The minimum Gasteiger partial charge on any atom is -0.469 e. The predicted octanol–water partition coefficient (Wildman–Crippen LogP) is 0.783. The molecule has 4 heteroatoms. The molecule has 3 fully saturated rings. The van der Waals surface area contributed by atoms with Crippen molar-refractivity contribution in [3.05, 3.63) is 0 Å². The summed E-state index contributed by atoms with van der Waals surface area (Å²) in [5.74, 6) is 0.205. The number of carbonyl (C=O) groups is 1. The number of aliphatic hydroxyl groups is 1. The van der Waals surface area contributed by atoms with Crippen LogP contribution < -0.4 is 0 Å². The molecule has 3 aliphatic rings. The summed E-state index contributed by atoms with van der Waals surface area (Å²) in [6, 6.07) is 0.875. The van der Waals surface area contributed by atoms with Crippen LogP contribution in [0.4, 0.5) is 0 Å². The Morgan fingerprint density at radius 1 is 1.29 bits per heavy atom. The lowest BCUT2D eigenvalue weighted by Gasteiger charge is -2.34. The Bertz CT molecular complexity index is 320. The highest BCUT2D eigenvalue weighted by atomic mass is 16.5. The van der Waals surface area contributed by atoms with E-state index in [0.717, 1.165) is 32.2 Å². The van der Waals surface area contributed by atoms with Crippen molar-refractivity contribution in [2.75, 3.05) is 13.7 Å². The van der Waals surface area contributed by atoms with E-state index in [2.05, 4.69) is 4.90 Å². The summed E-state index contributed by atoms with van der Waals surface area (Å²) in [5, 5.41) is 10.4. The number of esters is 1. The van der Waals surface area contributed by atoms with E-state index in [9.17, 15) is 9.90 Å². The molecule has 4 nitrogen and oxygen atoms in total. The molecule has 96 valence electrons. The van der Waals surface area contributed by atoms with Crippen LogP contribution in [0.2, 0.25) is 0 Å². The Morgan fingerprint density at radius 2 is 2.12 bits per heavy atom. The van der Waals surface area contributed by atoms with E-state index in [1.54, 1.807) is 0 Å². The molecule has 1 aliphatic carbocycles. The molecule has 2 aliphatic heterocycles. The van der Waals surface area contributed by atoms with E-state index in [4.69, 9.17) is 4.74 Å². The van der Waals surface area contributed by atoms with Gasteiger partial charge in [-0.15, -0.1) is 0 Å². The highest BCUT2D eigenvalue weighted by Crippen LogP contribution is 2.45. The van der Waals surface area contributed by atoms with Crippen LogP contribution in [0.25, 0.3) is 0 Å². The Morgan fingerprint density at radius 3 is 2.88 bits per heavy atom. The summed E-state index contributed by atoms with van der Waals surface area (Å²) in [5.41, 5.74) is 0. The molecule has 0 spiro atoms. The second-order valence-corrected chi connectivity index (χ2v) is 5.70. The fourth-order valence-corrected chi connectivity index (χ4v) is 4.23. The van der Waals surface area contributed by atoms with Gasteiger partial charge in [0, 0.05) is 18.0 Å². The van der Waals surface area contributed by atoms with Crippen molar-refractivity contribution in [1.82, 2.24) is 4.90 Å². The lowest BCUT2D eigenvalue weighted by atomic mass is 9.76. The van der Waals surface area contributed by atoms with Gasteiger partial charge in [-0.2, -0.15) is 0 Å². The zero-order chi connectivity index (χ0) is 12.0. The molecule has 0 unspecified atom stereocenters. The van der Waals surface area contributed by atoms with Gasteiger partial charge in [-0.25, -0.2) is 0 Å². The Kier molecular flexibility index (Phi) is 2.87. The number of hydrogen-bond donors (Lipinski definition) is 1. The first-order valence-corrected chi connectivity index (χ1v) is 6.74. The molecule has 2 saturated heterocycles. The summed E-state index contributed by atoms with van der Waals surface area (Å²) in [7, 11) is 1.46. The van der Waals surface area contributed by atoms with Crippen molar-refractivity contribution < 1.29 is 14.6 Å². The summed E-state index contributed by atoms with van der Waals surface area (Å²) in [6.45, 7) is 1.13. The largest absolute Gasteiger partial charge is 0.469 e. The lowest BCUT2D eigenvalue weighted by Crippen LogP contribution is -2.39. The second kappa shape index (κ2) is 4.25. The Labute approximate surface area is 102 Å². The number of ether oxygens (including phenoxy) is 1. The first-order chi connectivity index (χ1) is 8.22. The molecular formula is C13H21NO3. The number of rotatable bonds is 1. The van der Waals surface area contributed by atoms with E-state index < -0.39 is 0 Å². The van der Waals surface area contributed by atoms with Crippen LogP contribution in [0, 0.1) is 11.8 Å². The topological polar surface area (TPSA) is 49.8 Å². The number of carbonyl (C=O) groups excluding carboxylic acids is 1. The molecule has 0 aromatic rings. The molecule has 1 saturated carbocycles. The zero-order valence-corrected chi connectivity index (χ0v) is 10.3. The third kappa shape index (κ3) is 1.69. The van der Waals surface area contributed by atoms with Crippen molar-refractivity contribution in [3.8, 4) is 0 Å². The summed E-state index contributed by atoms with van der Waals surface area (Å²) < 4.78 is 4.83. The number of aliphatic hydroxyl groups excluding tert-OH is 1. The van der Waals surface area contributed by atoms with Gasteiger partial charge in [0.05, 0.1) is 19.1 Å². The fourth-order valence-electron chi connectivity index (χ4n) is 4.23. The van der Waals surface area contributed by atoms with Crippen LogP contribution in [-0.4, -0.2) is 47.8 Å². The van der Waals surface area contributed by atoms with Gasteiger partial charge in [-0.1, -0.05) is 0 Å². The fraction of sp³-hybridized carbons (Fsp3) is 0.923. The Hall–Kier alpha value is -0.610. The van der Waals surface area contributed by atoms with Crippen molar-refractivity contribution >= 4 is 5.97 Å². The second-order valence-electron chi connectivity index (χ2n) is 5.70. The molecule has 0 aromatic heterocycles. The lowest BCUT2D eigenvalue weighted by molar-refractivity contribution is -0.147. The molecule has 3 rings (SSSR count). The molecule has 1 N–H and O–H groups in total. The smallest absolute Gasteiger partial charge is 0.308 e. The van der Waals surface area contributed by atoms with Gasteiger partial charge in [0.1, 0.15) is 0 Å². The molecule has 0 aromatic carbocycles. The molecule has 2 heterocycles. The average molecular weight is 239 g/mol. The van der Waals surface area contributed by atoms with Crippen LogP contribution in [0.1, 0.15) is 32.1 Å². The van der Waals surface area contributed by atoms with Crippen LogP contribution in [0.5, 0.6) is 0 Å². The highest BCUT2D eigenvalue weighted by Gasteiger charge is 2.52. The van der Waals surface area contributed by atoms with Gasteiger partial charge >= 0.3 is 5.97 Å². The maximum absolute atomic E-state index is 11.6. The minimum atomic E-state index is -0.227. The number of nitrogens with zero attached hydrogens (tertiary/aromatic N) is 1. The van der Waals surface area contributed by atoms with Crippen LogP contribution >= 0.6 is 0 Å². The summed E-state index contributed by atoms with van der Waals surface area (Å²) in [6.07, 6.45) is 4.88. The maximum Gasteiger partial charge on any atom is 0.308 e. The standard InChI is InChI=1S/C13H21NO3/c1-17-13(16)8-4-5-10-9(7-8)12(15)11-3-2-6-14(10)11/h8-12,15H,2-7H2,1H3/t8-,9-,10-,11+,12-/m1/s1. The number of methoxy groups -OCH3 is 1. The van der Waals surface area contributed by atoms with Crippen molar-refractivity contribution in [1.29, 1.82) is 0 Å². The average Bonchev–Trinajstić information content (AvgIpc) is 2.92. The molecule has 5 atom stereocenters. The van der Waals surface area contributed by atoms with Gasteiger partial charge in [-0.05, 0) is 38.6 Å². The van der Waals surface area contributed by atoms with Crippen LogP contribution in [-0.2, 0) is 9.53 Å². The van der Waals surface area contributed by atoms with E-state index in [1.807, 2.05) is 0 Å². The molecular weight excluding hydrogens is 218 g/mol. The summed E-state index contributed by atoms with van der Waals surface area (Å²) >= 11 is 0. The van der Waals surface area contributed by atoms with Crippen molar-refractivity contribution in [2.24, 2.45) is 11.8 Å². The molecule has 17 heavy (non-hydrogen) atoms. The number of hydrogen-bond acceptors (Lipinski definition) is 4.